The van der Waals surface area contributed by atoms with Gasteiger partial charge in [-0.25, -0.2) is 9.59 Å². The molecular formula is C54H67N5O17S. The highest BCUT2D eigenvalue weighted by Crippen LogP contribution is 2.70. The number of aromatic nitrogens is 1. The van der Waals surface area contributed by atoms with Gasteiger partial charge in [0.15, 0.2) is 11.4 Å². The average Bonchev–Trinajstić information content (AvgIpc) is 3.75. The number of methoxy groups -OCH3 is 3. The van der Waals surface area contributed by atoms with E-state index in [-0.39, 0.29) is 30.2 Å². The third-order valence-electron chi connectivity index (χ3n) is 18.5. The quantitative estimate of drug-likeness (QED) is 0.0525. The van der Waals surface area contributed by atoms with Crippen molar-refractivity contribution in [1.29, 1.82) is 0 Å². The summed E-state index contributed by atoms with van der Waals surface area (Å²) >= 11 is 0. The van der Waals surface area contributed by atoms with Gasteiger partial charge in [-0.05, 0) is 98.7 Å². The predicted octanol–water partition coefficient (Wildman–Crippen LogP) is 1.96. The monoisotopic (exact) mass is 1090 g/mol. The molecule has 416 valence electrons. The number of nitrogens with one attached hydrogen (secondary N) is 1. The molecule has 13 atom stereocenters. The minimum atomic E-state index is -4.91. The highest BCUT2D eigenvalue weighted by molar-refractivity contribution is 7.87. The number of carbonyl (C=O) groups is 7. The summed E-state index contributed by atoms with van der Waals surface area (Å²) in [4.78, 5) is 110. The van der Waals surface area contributed by atoms with Gasteiger partial charge in [0.1, 0.15) is 5.41 Å². The van der Waals surface area contributed by atoms with Crippen LogP contribution >= 0.6 is 0 Å². The van der Waals surface area contributed by atoms with E-state index in [4.69, 9.17) is 23.8 Å². The van der Waals surface area contributed by atoms with Crippen molar-refractivity contribution in [1.82, 2.24) is 24.7 Å². The van der Waals surface area contributed by atoms with Crippen molar-refractivity contribution >= 4 is 63.1 Å². The van der Waals surface area contributed by atoms with E-state index in [9.17, 15) is 52.0 Å². The van der Waals surface area contributed by atoms with Crippen molar-refractivity contribution in [3.8, 4) is 0 Å². The van der Waals surface area contributed by atoms with Crippen LogP contribution in [0.25, 0.3) is 10.9 Å². The lowest BCUT2D eigenvalue weighted by Crippen LogP contribution is -2.80. The Bertz CT molecular complexity index is 3050. The SMILES string of the molecule is CC[C@]1(O)C[C@@H]2CN(CCc3c([nH]c4ccc(CCCC(=O)ON5C(=O)CC(S(=O)(=O)O)C5=O)cc34)[C@@](C(=O)OC)(C3C=C4C(=CC3OC)N(C=O)[C@H]3[C@@](O)(C(=O)OC)[C@H](OC(C)=O)[C@]5(CC)C=CCN6CC[C@]43[C@@H]65)C2)C1. The number of carbonyl (C=O) groups excluding carboxylic acids is 7. The first-order valence-electron chi connectivity index (χ1n) is 26.4. The van der Waals surface area contributed by atoms with Crippen LogP contribution in [0.15, 0.2) is 53.8 Å². The smallest absolute Gasteiger partial charge is 0.344 e. The average molecular weight is 1090 g/mol. The molecule has 7 heterocycles. The highest BCUT2D eigenvalue weighted by Gasteiger charge is 2.82. The van der Waals surface area contributed by atoms with Gasteiger partial charge in [-0.2, -0.15) is 8.42 Å². The lowest BCUT2D eigenvalue weighted by Gasteiger charge is -2.63. The molecule has 8 aliphatic rings. The first-order chi connectivity index (χ1) is 36.5. The zero-order chi connectivity index (χ0) is 55.4. The van der Waals surface area contributed by atoms with Crippen molar-refractivity contribution in [2.45, 2.75) is 131 Å². The summed E-state index contributed by atoms with van der Waals surface area (Å²) < 4.78 is 56.7. The number of nitrogens with zero attached hydrogens (tertiary/aromatic N) is 4. The molecule has 0 radical (unpaired) electrons. The summed E-state index contributed by atoms with van der Waals surface area (Å²) in [6, 6.07) is 3.83. The fourth-order valence-corrected chi connectivity index (χ4v) is 16.3. The Kier molecular flexibility index (Phi) is 13.8. The Morgan fingerprint density at radius 2 is 1.73 bits per heavy atom. The molecule has 1 aromatic carbocycles. The zero-order valence-electron chi connectivity index (χ0n) is 44.0. The third kappa shape index (κ3) is 8.14. The number of piperidine rings is 1. The van der Waals surface area contributed by atoms with Crippen LogP contribution in [0.4, 0.5) is 0 Å². The van der Waals surface area contributed by atoms with E-state index in [0.717, 1.165) is 23.6 Å². The van der Waals surface area contributed by atoms with Crippen LogP contribution in [-0.4, -0.2) is 185 Å². The van der Waals surface area contributed by atoms with Crippen LogP contribution in [0.2, 0.25) is 0 Å². The van der Waals surface area contributed by atoms with Gasteiger partial charge in [-0.15, -0.1) is 5.06 Å². The number of benzene rings is 1. The van der Waals surface area contributed by atoms with E-state index in [1.54, 1.807) is 6.08 Å². The number of esters is 3. The Hall–Kier alpha value is -5.82. The number of rotatable bonds is 14. The first-order valence-corrected chi connectivity index (χ1v) is 27.9. The van der Waals surface area contributed by atoms with Gasteiger partial charge < -0.3 is 43.9 Å². The molecule has 1 saturated carbocycles. The fourth-order valence-electron chi connectivity index (χ4n) is 15.5. The lowest BCUT2D eigenvalue weighted by molar-refractivity contribution is -0.242. The number of aromatic amines is 1. The van der Waals surface area contributed by atoms with Crippen molar-refractivity contribution in [3.63, 3.8) is 0 Å². The maximum absolute atomic E-state index is 15.7. The summed E-state index contributed by atoms with van der Waals surface area (Å²) in [7, 11) is -0.923. The number of aliphatic hydroxyl groups is 2. The van der Waals surface area contributed by atoms with Crippen LogP contribution < -0.4 is 0 Å². The molecular weight excluding hydrogens is 1020 g/mol. The first kappa shape index (κ1) is 54.5. The number of hydrogen-bond acceptors (Lipinski definition) is 18. The third-order valence-corrected chi connectivity index (χ3v) is 19.6. The second kappa shape index (κ2) is 19.5. The molecule has 6 aliphatic heterocycles. The number of imide groups is 1. The molecule has 4 saturated heterocycles. The van der Waals surface area contributed by atoms with E-state index in [0.29, 0.717) is 100 Å². The van der Waals surface area contributed by atoms with Gasteiger partial charge in [0.25, 0.3) is 21.9 Å². The molecule has 2 aliphatic carbocycles. The molecule has 1 spiro atoms. The highest BCUT2D eigenvalue weighted by atomic mass is 32.2. The number of likely N-dealkylation sites (tertiary alicyclic amines) is 1. The summed E-state index contributed by atoms with van der Waals surface area (Å²) in [5, 5.41) is 24.4. The van der Waals surface area contributed by atoms with Crippen LogP contribution in [0.1, 0.15) is 89.0 Å². The minimum Gasteiger partial charge on any atom is -0.468 e. The molecule has 22 nitrogen and oxygen atoms in total. The van der Waals surface area contributed by atoms with E-state index < -0.39 is 115 Å². The minimum absolute atomic E-state index is 0.0787. The molecule has 77 heavy (non-hydrogen) atoms. The molecule has 4 N–H and O–H groups in total. The number of fused-ring (bicyclic) bond motifs is 6. The lowest BCUT2D eigenvalue weighted by atomic mass is 9.47. The molecule has 23 heteroatoms. The number of aryl methyl sites for hydroxylation is 1. The van der Waals surface area contributed by atoms with Gasteiger partial charge in [0, 0.05) is 91.7 Å². The van der Waals surface area contributed by atoms with Crippen LogP contribution in [0, 0.1) is 22.7 Å². The van der Waals surface area contributed by atoms with Crippen molar-refractivity contribution in [2.75, 3.05) is 54.1 Å². The summed E-state index contributed by atoms with van der Waals surface area (Å²) in [6.07, 6.45) is 7.27. The van der Waals surface area contributed by atoms with Gasteiger partial charge in [0.2, 0.25) is 12.0 Å². The number of H-pyrrole nitrogens is 1. The largest absolute Gasteiger partial charge is 0.468 e. The summed E-state index contributed by atoms with van der Waals surface area (Å²) in [5.74, 6) is -6.96. The Morgan fingerprint density at radius 1 is 0.974 bits per heavy atom. The van der Waals surface area contributed by atoms with Gasteiger partial charge in [-0.3, -0.25) is 38.3 Å². The van der Waals surface area contributed by atoms with E-state index in [2.05, 4.69) is 14.8 Å². The predicted molar refractivity (Wildman–Crippen MR) is 270 cm³/mol. The van der Waals surface area contributed by atoms with E-state index >= 15 is 4.79 Å². The van der Waals surface area contributed by atoms with Crippen LogP contribution in [-0.2, 0) is 85.7 Å². The number of hydroxylamine groups is 2. The summed E-state index contributed by atoms with van der Waals surface area (Å²) in [5.41, 5.74) is -3.87. The number of amides is 3. The molecule has 5 fully saturated rings. The molecule has 2 aromatic rings. The van der Waals surface area contributed by atoms with Crippen molar-refractivity contribution in [2.24, 2.45) is 22.7 Å². The Morgan fingerprint density at radius 3 is 2.38 bits per heavy atom. The topological polar surface area (TPSA) is 289 Å². The van der Waals surface area contributed by atoms with E-state index in [1.807, 2.05) is 50.3 Å². The van der Waals surface area contributed by atoms with Gasteiger partial charge in [-0.1, -0.05) is 38.1 Å². The van der Waals surface area contributed by atoms with Crippen molar-refractivity contribution in [3.05, 3.63) is 70.6 Å². The van der Waals surface area contributed by atoms with Crippen LogP contribution in [0.5, 0.6) is 0 Å². The molecule has 4 unspecified atom stereocenters. The molecule has 10 rings (SSSR count). The number of allylic oxidation sites excluding steroid dienone is 1. The Balaban J connectivity index is 1.12. The summed E-state index contributed by atoms with van der Waals surface area (Å²) in [6.45, 7) is 7.51. The second-order valence-corrected chi connectivity index (χ2v) is 23.9. The fraction of sp³-hybridized carbons (Fsp3) is 0.611. The number of ether oxygens (including phenoxy) is 4. The zero-order valence-corrected chi connectivity index (χ0v) is 44.8. The maximum Gasteiger partial charge on any atom is 0.344 e. The number of hydrogen-bond donors (Lipinski definition) is 4. The second-order valence-electron chi connectivity index (χ2n) is 22.3. The maximum atomic E-state index is 15.7. The molecule has 1 aromatic heterocycles. The van der Waals surface area contributed by atoms with Crippen LogP contribution in [0.3, 0.4) is 0 Å². The van der Waals surface area contributed by atoms with Crippen molar-refractivity contribution < 1.29 is 80.5 Å². The normalized spacial score (nSPS) is 36.3. The standard InChI is InChI=1S/C54H67N5O17S/c1-7-50(67)25-32-26-53(48(65)73-5,43-33(15-19-56(27-32)28-50)34-21-31(13-14-37(34)55-43)11-9-12-42(63)76-59-41(62)24-40(44(59)64)77(69,70)71)36-22-35-38(23-39(36)72-4)58(29-60)46-52(35)17-20-57-18-10-16-51(8-2,45(52)57)47(75-30(3)61)54(46,68)49(66)74-6/h10,13-14,16,21-23,29,32,36,39-40,45-47,55,67-68H,7-9,11-12,15,17-20,24-28H2,1-6H3,(H,69,70,71)/t32-,36?,39?,40?,45-,46+,47+,50-,51+,52+,53-,54-/m0/s1. The molecule has 3 amide bonds. The Labute approximate surface area is 445 Å². The van der Waals surface area contributed by atoms with Gasteiger partial charge >= 0.3 is 23.9 Å². The van der Waals surface area contributed by atoms with E-state index in [1.165, 1.54) is 26.0 Å². The van der Waals surface area contributed by atoms with Gasteiger partial charge in [0.05, 0.1) is 38.4 Å². The molecule has 2 bridgehead atoms.